The normalized spacial score (nSPS) is 16.8. The number of ether oxygens (including phenoxy) is 1. The number of piperidine rings is 1. The summed E-state index contributed by atoms with van der Waals surface area (Å²) in [4.78, 5) is 12.3. The largest absolute Gasteiger partial charge is 0.378 e. The Bertz CT molecular complexity index is 453. The van der Waals surface area contributed by atoms with Gasteiger partial charge in [0, 0.05) is 12.5 Å². The molecule has 0 radical (unpaired) electrons. The number of aromatic nitrogens is 2. The van der Waals surface area contributed by atoms with Crippen molar-refractivity contribution in [1.29, 1.82) is 0 Å². The average molecular weight is 344 g/mol. The molecule has 0 unspecified atom stereocenters. The molecule has 0 aromatic carbocycles. The molecule has 5 nitrogen and oxygen atoms in total. The molecule has 1 fully saturated rings. The molecule has 20 heavy (non-hydrogen) atoms. The quantitative estimate of drug-likeness (QED) is 0.806. The van der Waals surface area contributed by atoms with Crippen LogP contribution in [0.1, 0.15) is 49.6 Å². The maximum Gasteiger partial charge on any atom is 0.184 e. The van der Waals surface area contributed by atoms with Gasteiger partial charge in [-0.05, 0) is 55.7 Å². The molecular formula is C14H22BrN3O2. The monoisotopic (exact) mass is 343 g/mol. The van der Waals surface area contributed by atoms with Gasteiger partial charge in [-0.15, -0.1) is 0 Å². The lowest BCUT2D eigenvalue weighted by molar-refractivity contribution is 0.0311. The molecule has 0 bridgehead atoms. The number of rotatable bonds is 6. The number of ketones is 1. The van der Waals surface area contributed by atoms with Gasteiger partial charge in [0.1, 0.15) is 5.69 Å². The highest BCUT2D eigenvalue weighted by Crippen LogP contribution is 2.21. The van der Waals surface area contributed by atoms with Crippen molar-refractivity contribution in [3.63, 3.8) is 0 Å². The van der Waals surface area contributed by atoms with E-state index in [1.54, 1.807) is 10.9 Å². The molecule has 112 valence electrons. The molecule has 1 aliphatic rings. The zero-order chi connectivity index (χ0) is 14.5. The second-order valence-electron chi connectivity index (χ2n) is 5.37. The van der Waals surface area contributed by atoms with E-state index in [0.29, 0.717) is 24.8 Å². The van der Waals surface area contributed by atoms with E-state index in [2.05, 4.69) is 26.3 Å². The van der Waals surface area contributed by atoms with Gasteiger partial charge in [-0.2, -0.15) is 5.10 Å². The minimum Gasteiger partial charge on any atom is -0.378 e. The second-order valence-corrected chi connectivity index (χ2v) is 6.23. The number of hydrogen-bond donors (Lipinski definition) is 1. The molecule has 1 aromatic heterocycles. The Kier molecular flexibility index (Phi) is 5.74. The van der Waals surface area contributed by atoms with Crippen LogP contribution in [0.25, 0.3) is 0 Å². The Morgan fingerprint density at radius 2 is 2.25 bits per heavy atom. The van der Waals surface area contributed by atoms with E-state index in [-0.39, 0.29) is 11.8 Å². The fourth-order valence-electron chi connectivity index (χ4n) is 2.39. The highest BCUT2D eigenvalue weighted by atomic mass is 79.9. The van der Waals surface area contributed by atoms with Crippen molar-refractivity contribution in [2.45, 2.75) is 45.3 Å². The van der Waals surface area contributed by atoms with Gasteiger partial charge in [0.25, 0.3) is 0 Å². The molecule has 1 saturated heterocycles. The SMILES string of the molecule is CC(C)n1ncc(Br)c1C(=O)CCOC1CCNCC1. The van der Waals surface area contributed by atoms with Crippen LogP contribution >= 0.6 is 15.9 Å². The number of Topliss-reactive ketones (excluding diaryl/α,β-unsaturated/α-hetero) is 1. The first-order valence-corrected chi connectivity index (χ1v) is 7.97. The fraction of sp³-hybridized carbons (Fsp3) is 0.714. The number of nitrogens with zero attached hydrogens (tertiary/aromatic N) is 2. The van der Waals surface area contributed by atoms with Crippen molar-refractivity contribution in [3.8, 4) is 0 Å². The number of halogens is 1. The summed E-state index contributed by atoms with van der Waals surface area (Å²) in [7, 11) is 0. The molecule has 1 aliphatic heterocycles. The zero-order valence-electron chi connectivity index (χ0n) is 12.1. The third kappa shape index (κ3) is 3.90. The van der Waals surface area contributed by atoms with Gasteiger partial charge in [0.2, 0.25) is 0 Å². The van der Waals surface area contributed by atoms with E-state index >= 15 is 0 Å². The van der Waals surface area contributed by atoms with E-state index in [0.717, 1.165) is 30.4 Å². The molecule has 2 heterocycles. The van der Waals surface area contributed by atoms with Crippen LogP contribution in [0.3, 0.4) is 0 Å². The maximum atomic E-state index is 12.3. The van der Waals surface area contributed by atoms with Gasteiger partial charge in [0.05, 0.1) is 23.4 Å². The molecule has 1 aromatic rings. The van der Waals surface area contributed by atoms with Crippen molar-refractivity contribution in [2.75, 3.05) is 19.7 Å². The van der Waals surface area contributed by atoms with Crippen LogP contribution in [0.15, 0.2) is 10.7 Å². The first-order chi connectivity index (χ1) is 9.59. The van der Waals surface area contributed by atoms with Crippen LogP contribution in [0.4, 0.5) is 0 Å². The Morgan fingerprint density at radius 1 is 1.55 bits per heavy atom. The molecule has 6 heteroatoms. The van der Waals surface area contributed by atoms with Crippen LogP contribution in [0.2, 0.25) is 0 Å². The van der Waals surface area contributed by atoms with E-state index in [4.69, 9.17) is 4.74 Å². The van der Waals surface area contributed by atoms with Gasteiger partial charge in [-0.1, -0.05) is 0 Å². The molecule has 0 atom stereocenters. The summed E-state index contributed by atoms with van der Waals surface area (Å²) in [6.45, 7) is 6.53. The summed E-state index contributed by atoms with van der Waals surface area (Å²) in [6, 6.07) is 0.172. The van der Waals surface area contributed by atoms with Gasteiger partial charge in [0.15, 0.2) is 5.78 Å². The van der Waals surface area contributed by atoms with E-state index in [9.17, 15) is 4.79 Å². The molecule has 0 amide bonds. The minimum absolute atomic E-state index is 0.0806. The predicted octanol–water partition coefficient (Wildman–Crippen LogP) is 2.57. The summed E-state index contributed by atoms with van der Waals surface area (Å²) < 4.78 is 8.31. The van der Waals surface area contributed by atoms with Crippen LogP contribution in [0, 0.1) is 0 Å². The molecule has 0 spiro atoms. The molecular weight excluding hydrogens is 322 g/mol. The number of carbonyl (C=O) groups excluding carboxylic acids is 1. The van der Waals surface area contributed by atoms with Crippen molar-refractivity contribution in [3.05, 3.63) is 16.4 Å². The average Bonchev–Trinajstić information content (AvgIpc) is 2.82. The Hall–Kier alpha value is -0.720. The van der Waals surface area contributed by atoms with Crippen molar-refractivity contribution in [1.82, 2.24) is 15.1 Å². The Labute approximate surface area is 128 Å². The summed E-state index contributed by atoms with van der Waals surface area (Å²) in [5.41, 5.74) is 0.647. The lowest BCUT2D eigenvalue weighted by atomic mass is 10.1. The standard InChI is InChI=1S/C14H22BrN3O2/c1-10(2)18-14(12(15)9-17-18)13(19)5-8-20-11-3-6-16-7-4-11/h9-11,16H,3-8H2,1-2H3. The third-order valence-electron chi connectivity index (χ3n) is 3.47. The lowest BCUT2D eigenvalue weighted by Gasteiger charge is -2.22. The van der Waals surface area contributed by atoms with Gasteiger partial charge < -0.3 is 10.1 Å². The van der Waals surface area contributed by atoms with Gasteiger partial charge >= 0.3 is 0 Å². The Morgan fingerprint density at radius 3 is 2.90 bits per heavy atom. The summed E-state index contributed by atoms with van der Waals surface area (Å²) >= 11 is 3.40. The van der Waals surface area contributed by atoms with E-state index in [1.807, 2.05) is 13.8 Å². The smallest absolute Gasteiger partial charge is 0.184 e. The number of hydrogen-bond acceptors (Lipinski definition) is 4. The first-order valence-electron chi connectivity index (χ1n) is 7.18. The number of nitrogens with one attached hydrogen (secondary N) is 1. The van der Waals surface area contributed by atoms with Crippen LogP contribution < -0.4 is 5.32 Å². The third-order valence-corrected chi connectivity index (χ3v) is 4.05. The summed E-state index contributed by atoms with van der Waals surface area (Å²) in [6.07, 6.45) is 4.44. The van der Waals surface area contributed by atoms with Gasteiger partial charge in [-0.25, -0.2) is 0 Å². The topological polar surface area (TPSA) is 56.2 Å². The minimum atomic E-state index is 0.0806. The molecule has 0 aliphatic carbocycles. The van der Waals surface area contributed by atoms with Crippen LogP contribution in [-0.2, 0) is 4.74 Å². The fourth-order valence-corrected chi connectivity index (χ4v) is 2.89. The van der Waals surface area contributed by atoms with E-state index in [1.165, 1.54) is 0 Å². The lowest BCUT2D eigenvalue weighted by Crippen LogP contribution is -2.32. The van der Waals surface area contributed by atoms with Crippen LogP contribution in [-0.4, -0.2) is 41.4 Å². The first kappa shape index (κ1) is 15.7. The number of carbonyl (C=O) groups is 1. The summed E-state index contributed by atoms with van der Waals surface area (Å²) in [5.74, 6) is 0.0806. The highest BCUT2D eigenvalue weighted by Gasteiger charge is 2.19. The predicted molar refractivity (Wildman–Crippen MR) is 81.1 cm³/mol. The van der Waals surface area contributed by atoms with Crippen molar-refractivity contribution >= 4 is 21.7 Å². The zero-order valence-corrected chi connectivity index (χ0v) is 13.6. The summed E-state index contributed by atoms with van der Waals surface area (Å²) in [5, 5.41) is 7.53. The highest BCUT2D eigenvalue weighted by molar-refractivity contribution is 9.10. The van der Waals surface area contributed by atoms with Crippen molar-refractivity contribution < 1.29 is 9.53 Å². The van der Waals surface area contributed by atoms with Crippen molar-refractivity contribution in [2.24, 2.45) is 0 Å². The molecule has 2 rings (SSSR count). The molecule has 1 N–H and O–H groups in total. The Balaban J connectivity index is 1.87. The maximum absolute atomic E-state index is 12.3. The second kappa shape index (κ2) is 7.33. The van der Waals surface area contributed by atoms with Gasteiger partial charge in [-0.3, -0.25) is 9.48 Å². The van der Waals surface area contributed by atoms with Crippen LogP contribution in [0.5, 0.6) is 0 Å². The van der Waals surface area contributed by atoms with E-state index < -0.39 is 0 Å². The molecule has 0 saturated carbocycles.